The molecule has 0 aliphatic carbocycles. The van der Waals surface area contributed by atoms with E-state index in [0.717, 1.165) is 63.5 Å². The number of oxazole rings is 1. The van der Waals surface area contributed by atoms with Gasteiger partial charge in [0.15, 0.2) is 5.96 Å². The molecule has 3 N–H and O–H groups in total. The molecule has 2 heterocycles. The molecule has 7 heteroatoms. The highest BCUT2D eigenvalue weighted by Gasteiger charge is 2.09. The van der Waals surface area contributed by atoms with Gasteiger partial charge in [0.25, 0.3) is 0 Å². The molecular formula is C20H29N5O2. The Morgan fingerprint density at radius 1 is 1.26 bits per heavy atom. The number of benzene rings is 1. The van der Waals surface area contributed by atoms with Crippen molar-refractivity contribution in [1.29, 1.82) is 0 Å². The lowest BCUT2D eigenvalue weighted by molar-refractivity contribution is 0.0377. The van der Waals surface area contributed by atoms with Gasteiger partial charge in [0.1, 0.15) is 6.26 Å². The van der Waals surface area contributed by atoms with Gasteiger partial charge in [-0.2, -0.15) is 0 Å². The van der Waals surface area contributed by atoms with Crippen LogP contribution in [0, 0.1) is 6.92 Å². The fourth-order valence-corrected chi connectivity index (χ4v) is 2.94. The molecule has 1 aliphatic rings. The summed E-state index contributed by atoms with van der Waals surface area (Å²) in [6, 6.07) is 8.14. The number of aliphatic imine (C=N–C) groups is 1. The highest BCUT2D eigenvalue weighted by Crippen LogP contribution is 2.19. The van der Waals surface area contributed by atoms with Crippen molar-refractivity contribution in [2.45, 2.75) is 19.8 Å². The molecule has 27 heavy (non-hydrogen) atoms. The molecule has 0 bridgehead atoms. The first-order chi connectivity index (χ1) is 13.2. The Bertz CT molecular complexity index is 720. The van der Waals surface area contributed by atoms with Crippen molar-refractivity contribution < 1.29 is 9.15 Å². The zero-order valence-corrected chi connectivity index (χ0v) is 16.0. The van der Waals surface area contributed by atoms with E-state index >= 15 is 0 Å². The Morgan fingerprint density at radius 3 is 2.81 bits per heavy atom. The van der Waals surface area contributed by atoms with Gasteiger partial charge in [0.05, 0.1) is 18.9 Å². The normalized spacial score (nSPS) is 15.8. The summed E-state index contributed by atoms with van der Waals surface area (Å²) >= 11 is 0. The molecule has 0 radical (unpaired) electrons. The maximum absolute atomic E-state index is 5.93. The summed E-state index contributed by atoms with van der Waals surface area (Å²) in [7, 11) is 0. The molecule has 0 spiro atoms. The Hall–Kier alpha value is -2.38. The predicted octanol–water partition coefficient (Wildman–Crippen LogP) is 1.82. The Kier molecular flexibility index (Phi) is 7.24. The molecule has 2 aromatic rings. The van der Waals surface area contributed by atoms with Crippen molar-refractivity contribution in [1.82, 2.24) is 15.2 Å². The summed E-state index contributed by atoms with van der Waals surface area (Å²) in [5, 5.41) is 3.14. The molecule has 1 aliphatic heterocycles. The molecule has 0 amide bonds. The second-order valence-corrected chi connectivity index (χ2v) is 6.76. The van der Waals surface area contributed by atoms with Gasteiger partial charge < -0.3 is 20.2 Å². The molecule has 0 saturated carbocycles. The van der Waals surface area contributed by atoms with Gasteiger partial charge in [-0.1, -0.05) is 17.7 Å². The van der Waals surface area contributed by atoms with Crippen LogP contribution < -0.4 is 11.1 Å². The van der Waals surface area contributed by atoms with Crippen LogP contribution in [0.5, 0.6) is 0 Å². The third-order valence-electron chi connectivity index (χ3n) is 4.56. The summed E-state index contributed by atoms with van der Waals surface area (Å²) < 4.78 is 10.9. The van der Waals surface area contributed by atoms with E-state index in [4.69, 9.17) is 14.9 Å². The van der Waals surface area contributed by atoms with E-state index in [1.54, 1.807) is 6.26 Å². The molecule has 146 valence electrons. The third kappa shape index (κ3) is 6.37. The minimum absolute atomic E-state index is 0.485. The highest BCUT2D eigenvalue weighted by atomic mass is 16.5. The number of aryl methyl sites for hydroxylation is 1. The monoisotopic (exact) mass is 371 g/mol. The van der Waals surface area contributed by atoms with E-state index in [0.29, 0.717) is 18.4 Å². The fourth-order valence-electron chi connectivity index (χ4n) is 2.94. The smallest absolute Gasteiger partial charge is 0.226 e. The van der Waals surface area contributed by atoms with E-state index in [9.17, 15) is 0 Å². The van der Waals surface area contributed by atoms with Crippen LogP contribution in [0.3, 0.4) is 0 Å². The number of nitrogens with two attached hydrogens (primary N) is 1. The van der Waals surface area contributed by atoms with Crippen molar-refractivity contribution >= 4 is 5.96 Å². The number of guanidine groups is 1. The van der Waals surface area contributed by atoms with Gasteiger partial charge in [0.2, 0.25) is 5.89 Å². The molecule has 1 fully saturated rings. The quantitative estimate of drug-likeness (QED) is 0.418. The minimum Gasteiger partial charge on any atom is -0.444 e. The van der Waals surface area contributed by atoms with Crippen molar-refractivity contribution in [3.8, 4) is 11.5 Å². The molecule has 0 unspecified atom stereocenters. The van der Waals surface area contributed by atoms with Gasteiger partial charge in [0, 0.05) is 44.7 Å². The van der Waals surface area contributed by atoms with Gasteiger partial charge in [-0.15, -0.1) is 0 Å². The van der Waals surface area contributed by atoms with Crippen molar-refractivity contribution in [3.63, 3.8) is 0 Å². The Balaban J connectivity index is 1.34. The SMILES string of the molecule is Cc1ccc(-c2nc(CCNC(N)=NCCCN3CCOCC3)co2)cc1. The maximum Gasteiger partial charge on any atom is 0.226 e. The molecule has 1 aromatic carbocycles. The Labute approximate surface area is 160 Å². The van der Waals surface area contributed by atoms with Gasteiger partial charge in [-0.3, -0.25) is 9.89 Å². The second kappa shape index (κ2) is 10.1. The largest absolute Gasteiger partial charge is 0.444 e. The summed E-state index contributed by atoms with van der Waals surface area (Å²) in [4.78, 5) is 11.3. The zero-order valence-electron chi connectivity index (χ0n) is 16.0. The number of hydrogen-bond acceptors (Lipinski definition) is 5. The number of nitrogens with one attached hydrogen (secondary N) is 1. The van der Waals surface area contributed by atoms with E-state index in [1.807, 2.05) is 12.1 Å². The average molecular weight is 371 g/mol. The maximum atomic E-state index is 5.93. The Morgan fingerprint density at radius 2 is 2.04 bits per heavy atom. The molecule has 1 aromatic heterocycles. The van der Waals surface area contributed by atoms with Crippen LogP contribution in [0.15, 0.2) is 39.9 Å². The number of rotatable bonds is 8. The lowest BCUT2D eigenvalue weighted by Gasteiger charge is -2.26. The molecule has 3 rings (SSSR count). The average Bonchev–Trinajstić information content (AvgIpc) is 3.15. The van der Waals surface area contributed by atoms with Gasteiger partial charge in [-0.25, -0.2) is 4.98 Å². The lowest BCUT2D eigenvalue weighted by Crippen LogP contribution is -2.37. The summed E-state index contributed by atoms with van der Waals surface area (Å²) in [5.74, 6) is 1.13. The van der Waals surface area contributed by atoms with Crippen LogP contribution in [-0.4, -0.2) is 61.8 Å². The van der Waals surface area contributed by atoms with Gasteiger partial charge in [-0.05, 0) is 25.5 Å². The van der Waals surface area contributed by atoms with E-state index in [2.05, 4.69) is 39.2 Å². The summed E-state index contributed by atoms with van der Waals surface area (Å²) in [5.41, 5.74) is 9.03. The van der Waals surface area contributed by atoms with Crippen LogP contribution >= 0.6 is 0 Å². The standard InChI is InChI=1S/C20H29N5O2/c1-16-3-5-17(6-4-16)19-24-18(15-27-19)7-9-23-20(21)22-8-2-10-25-11-13-26-14-12-25/h3-6,15H,2,7-14H2,1H3,(H3,21,22,23). The molecule has 0 atom stereocenters. The first-order valence-corrected chi connectivity index (χ1v) is 9.56. The van der Waals surface area contributed by atoms with Crippen molar-refractivity contribution in [2.75, 3.05) is 45.9 Å². The fraction of sp³-hybridized carbons (Fsp3) is 0.500. The van der Waals surface area contributed by atoms with Crippen molar-refractivity contribution in [3.05, 3.63) is 41.8 Å². The predicted molar refractivity (Wildman–Crippen MR) is 107 cm³/mol. The van der Waals surface area contributed by atoms with E-state index < -0.39 is 0 Å². The van der Waals surface area contributed by atoms with E-state index in [-0.39, 0.29) is 0 Å². The van der Waals surface area contributed by atoms with E-state index in [1.165, 1.54) is 5.56 Å². The third-order valence-corrected chi connectivity index (χ3v) is 4.56. The topological polar surface area (TPSA) is 88.9 Å². The molecule has 1 saturated heterocycles. The van der Waals surface area contributed by atoms with Crippen molar-refractivity contribution in [2.24, 2.45) is 10.7 Å². The zero-order chi connectivity index (χ0) is 18.9. The molecule has 7 nitrogen and oxygen atoms in total. The molecular weight excluding hydrogens is 342 g/mol. The van der Waals surface area contributed by atoms with Crippen LogP contribution in [0.4, 0.5) is 0 Å². The lowest BCUT2D eigenvalue weighted by atomic mass is 10.1. The number of ether oxygens (including phenoxy) is 1. The first-order valence-electron chi connectivity index (χ1n) is 9.56. The highest BCUT2D eigenvalue weighted by molar-refractivity contribution is 5.77. The number of aromatic nitrogens is 1. The minimum atomic E-state index is 0.485. The second-order valence-electron chi connectivity index (χ2n) is 6.76. The van der Waals surface area contributed by atoms with Crippen LogP contribution in [0.2, 0.25) is 0 Å². The van der Waals surface area contributed by atoms with Gasteiger partial charge >= 0.3 is 0 Å². The van der Waals surface area contributed by atoms with Crippen LogP contribution in [-0.2, 0) is 11.2 Å². The summed E-state index contributed by atoms with van der Waals surface area (Å²) in [6.07, 6.45) is 3.44. The number of nitrogens with zero attached hydrogens (tertiary/aromatic N) is 3. The first kappa shape index (κ1) is 19.4. The summed E-state index contributed by atoms with van der Waals surface area (Å²) in [6.45, 7) is 8.21. The van der Waals surface area contributed by atoms with Crippen LogP contribution in [0.25, 0.3) is 11.5 Å². The van der Waals surface area contributed by atoms with Crippen LogP contribution in [0.1, 0.15) is 17.7 Å². The number of morpholine rings is 1. The number of hydrogen-bond donors (Lipinski definition) is 2.